The van der Waals surface area contributed by atoms with Crippen molar-refractivity contribution in [1.29, 1.82) is 0 Å². The molecule has 0 radical (unpaired) electrons. The van der Waals surface area contributed by atoms with E-state index in [0.29, 0.717) is 30.3 Å². The fraction of sp³-hybridized carbons (Fsp3) is 0.400. The quantitative estimate of drug-likeness (QED) is 0.770. The van der Waals surface area contributed by atoms with Crippen molar-refractivity contribution in [3.05, 3.63) is 28.8 Å². The van der Waals surface area contributed by atoms with Gasteiger partial charge in [0.1, 0.15) is 5.75 Å². The molecule has 2 N–H and O–H groups in total. The first-order valence-corrected chi connectivity index (χ1v) is 4.83. The molecule has 4 heteroatoms. The van der Waals surface area contributed by atoms with Gasteiger partial charge in [-0.15, -0.1) is 0 Å². The van der Waals surface area contributed by atoms with Crippen LogP contribution in [0.15, 0.2) is 18.2 Å². The molecule has 2 nitrogen and oxygen atoms in total. The molecule has 0 aliphatic rings. The molecule has 0 amide bonds. The topological polar surface area (TPSA) is 35.2 Å². The van der Waals surface area contributed by atoms with Crippen LogP contribution in [0.25, 0.3) is 0 Å². The summed E-state index contributed by atoms with van der Waals surface area (Å²) < 4.78 is 17.2. The van der Waals surface area contributed by atoms with Crippen molar-refractivity contribution in [3.63, 3.8) is 0 Å². The molecule has 0 saturated carbocycles. The van der Waals surface area contributed by atoms with Crippen molar-refractivity contribution < 1.29 is 9.13 Å². The van der Waals surface area contributed by atoms with E-state index in [1.54, 1.807) is 18.2 Å². The lowest BCUT2D eigenvalue weighted by Crippen LogP contribution is -2.04. The van der Waals surface area contributed by atoms with Crippen molar-refractivity contribution in [2.75, 3.05) is 13.3 Å². The van der Waals surface area contributed by atoms with Crippen LogP contribution in [0.3, 0.4) is 0 Å². The Morgan fingerprint density at radius 3 is 2.86 bits per heavy atom. The number of ether oxygens (including phenoxy) is 1. The molecule has 1 aromatic carbocycles. The van der Waals surface area contributed by atoms with E-state index in [0.717, 1.165) is 5.56 Å². The highest BCUT2D eigenvalue weighted by molar-refractivity contribution is 6.31. The summed E-state index contributed by atoms with van der Waals surface area (Å²) in [4.78, 5) is 0. The molecule has 0 heterocycles. The van der Waals surface area contributed by atoms with Crippen LogP contribution in [0.1, 0.15) is 12.0 Å². The van der Waals surface area contributed by atoms with E-state index in [1.165, 1.54) is 0 Å². The fourth-order valence-corrected chi connectivity index (χ4v) is 1.35. The minimum Gasteiger partial charge on any atom is -0.493 e. The van der Waals surface area contributed by atoms with E-state index in [9.17, 15) is 4.39 Å². The normalized spacial score (nSPS) is 10.2. The van der Waals surface area contributed by atoms with E-state index in [-0.39, 0.29) is 6.67 Å². The Morgan fingerprint density at radius 1 is 1.43 bits per heavy atom. The average Bonchev–Trinajstić information content (AvgIpc) is 2.18. The Labute approximate surface area is 87.8 Å². The highest BCUT2D eigenvalue weighted by Gasteiger charge is 2.05. The van der Waals surface area contributed by atoms with Gasteiger partial charge >= 0.3 is 0 Å². The third-order valence-corrected chi connectivity index (χ3v) is 2.17. The second-order valence-electron chi connectivity index (χ2n) is 2.81. The third kappa shape index (κ3) is 2.86. The zero-order valence-corrected chi connectivity index (χ0v) is 8.56. The van der Waals surface area contributed by atoms with E-state index < -0.39 is 0 Å². The van der Waals surface area contributed by atoms with Crippen LogP contribution < -0.4 is 10.5 Å². The lowest BCUT2D eigenvalue weighted by molar-refractivity contribution is 0.287. The van der Waals surface area contributed by atoms with Crippen LogP contribution in [-0.2, 0) is 6.54 Å². The summed E-state index contributed by atoms with van der Waals surface area (Å²) >= 11 is 5.91. The number of benzene rings is 1. The number of alkyl halides is 1. The molecule has 0 bridgehead atoms. The Hall–Kier alpha value is -0.800. The minimum atomic E-state index is -0.376. The molecule has 1 aromatic rings. The van der Waals surface area contributed by atoms with Gasteiger partial charge < -0.3 is 10.5 Å². The predicted molar refractivity (Wildman–Crippen MR) is 55.4 cm³/mol. The zero-order chi connectivity index (χ0) is 10.4. The summed E-state index contributed by atoms with van der Waals surface area (Å²) in [6.07, 6.45) is 0.385. The van der Waals surface area contributed by atoms with Gasteiger partial charge in [-0.1, -0.05) is 17.7 Å². The van der Waals surface area contributed by atoms with Crippen LogP contribution >= 0.6 is 11.6 Å². The molecule has 14 heavy (non-hydrogen) atoms. The molecule has 0 aliphatic carbocycles. The molecule has 0 saturated heterocycles. The standard InChI is InChI=1S/C10H13ClFNO/c11-9-3-1-4-10(8(9)7-13)14-6-2-5-12/h1,3-4H,2,5-7,13H2. The Balaban J connectivity index is 2.70. The highest BCUT2D eigenvalue weighted by atomic mass is 35.5. The highest BCUT2D eigenvalue weighted by Crippen LogP contribution is 2.25. The number of halogens is 2. The summed E-state index contributed by atoms with van der Waals surface area (Å²) in [5.41, 5.74) is 6.29. The summed E-state index contributed by atoms with van der Waals surface area (Å²) in [7, 11) is 0. The fourth-order valence-electron chi connectivity index (χ4n) is 1.11. The monoisotopic (exact) mass is 217 g/mol. The molecule has 78 valence electrons. The second-order valence-corrected chi connectivity index (χ2v) is 3.22. The average molecular weight is 218 g/mol. The number of hydrogen-bond acceptors (Lipinski definition) is 2. The second kappa shape index (κ2) is 5.83. The Bertz CT molecular complexity index is 293. The van der Waals surface area contributed by atoms with Gasteiger partial charge in [-0.3, -0.25) is 4.39 Å². The number of hydrogen-bond donors (Lipinski definition) is 1. The van der Waals surface area contributed by atoms with Gasteiger partial charge in [0.15, 0.2) is 0 Å². The minimum absolute atomic E-state index is 0.324. The third-order valence-electron chi connectivity index (χ3n) is 1.82. The van der Waals surface area contributed by atoms with Crippen molar-refractivity contribution in [1.82, 2.24) is 0 Å². The maximum atomic E-state index is 11.8. The lowest BCUT2D eigenvalue weighted by atomic mass is 10.2. The van der Waals surface area contributed by atoms with E-state index in [2.05, 4.69) is 0 Å². The van der Waals surface area contributed by atoms with Crippen LogP contribution in [0.4, 0.5) is 4.39 Å². The van der Waals surface area contributed by atoms with Crippen LogP contribution in [-0.4, -0.2) is 13.3 Å². The summed E-state index contributed by atoms with van der Waals surface area (Å²) in [6.45, 7) is 0.299. The van der Waals surface area contributed by atoms with Crippen LogP contribution in [0.2, 0.25) is 5.02 Å². The van der Waals surface area contributed by atoms with Crippen molar-refractivity contribution in [2.24, 2.45) is 5.73 Å². The van der Waals surface area contributed by atoms with Crippen molar-refractivity contribution in [2.45, 2.75) is 13.0 Å². The molecule has 0 unspecified atom stereocenters. The van der Waals surface area contributed by atoms with Gasteiger partial charge in [-0.25, -0.2) is 0 Å². The van der Waals surface area contributed by atoms with Gasteiger partial charge in [0, 0.05) is 23.6 Å². The van der Waals surface area contributed by atoms with Crippen LogP contribution in [0, 0.1) is 0 Å². The molecule has 0 aliphatic heterocycles. The summed E-state index contributed by atoms with van der Waals surface area (Å²) in [5.74, 6) is 0.647. The van der Waals surface area contributed by atoms with Gasteiger partial charge in [0.25, 0.3) is 0 Å². The molecule has 0 fully saturated rings. The van der Waals surface area contributed by atoms with E-state index in [4.69, 9.17) is 22.1 Å². The van der Waals surface area contributed by atoms with Crippen molar-refractivity contribution >= 4 is 11.6 Å². The number of rotatable bonds is 5. The summed E-state index contributed by atoms with van der Waals surface area (Å²) in [6, 6.07) is 5.32. The smallest absolute Gasteiger partial charge is 0.125 e. The molecular weight excluding hydrogens is 205 g/mol. The molecule has 1 rings (SSSR count). The first-order valence-electron chi connectivity index (χ1n) is 4.45. The van der Waals surface area contributed by atoms with Gasteiger partial charge in [-0.05, 0) is 12.1 Å². The van der Waals surface area contributed by atoms with Gasteiger partial charge in [-0.2, -0.15) is 0 Å². The Morgan fingerprint density at radius 2 is 2.21 bits per heavy atom. The SMILES string of the molecule is NCc1c(Cl)cccc1OCCCF. The molecule has 0 spiro atoms. The maximum Gasteiger partial charge on any atom is 0.125 e. The van der Waals surface area contributed by atoms with Gasteiger partial charge in [0.05, 0.1) is 13.3 Å². The van der Waals surface area contributed by atoms with E-state index >= 15 is 0 Å². The number of nitrogens with two attached hydrogens (primary N) is 1. The van der Waals surface area contributed by atoms with E-state index in [1.807, 2.05) is 0 Å². The molecular formula is C10H13ClFNO. The lowest BCUT2D eigenvalue weighted by Gasteiger charge is -2.10. The first-order chi connectivity index (χ1) is 6.79. The zero-order valence-electron chi connectivity index (χ0n) is 7.80. The maximum absolute atomic E-state index is 11.8. The van der Waals surface area contributed by atoms with Crippen molar-refractivity contribution in [3.8, 4) is 5.75 Å². The predicted octanol–water partition coefficient (Wildman–Crippen LogP) is 2.54. The summed E-state index contributed by atoms with van der Waals surface area (Å²) in [5, 5.41) is 0.588. The molecule has 0 atom stereocenters. The van der Waals surface area contributed by atoms with Gasteiger partial charge in [0.2, 0.25) is 0 Å². The van der Waals surface area contributed by atoms with Crippen LogP contribution in [0.5, 0.6) is 5.75 Å². The molecule has 0 aromatic heterocycles. The Kier molecular flexibility index (Phi) is 4.70. The first kappa shape index (κ1) is 11.3. The largest absolute Gasteiger partial charge is 0.493 e.